The van der Waals surface area contributed by atoms with E-state index in [0.717, 1.165) is 0 Å². The number of allylic oxidation sites excluding steroid dienone is 1. The molecular weight excluding hydrogens is 312 g/mol. The number of hydrogen-bond acceptors (Lipinski definition) is 4. The van der Waals surface area contributed by atoms with E-state index in [1.807, 2.05) is 12.1 Å². The molecule has 0 saturated heterocycles. The third kappa shape index (κ3) is 3.39. The number of carbonyl (C=O) groups is 1. The van der Waals surface area contributed by atoms with Crippen LogP contribution in [0.4, 0.5) is 0 Å². The zero-order valence-electron chi connectivity index (χ0n) is 13.1. The Hall–Kier alpha value is -3.89. The van der Waals surface area contributed by atoms with Crippen molar-refractivity contribution in [3.05, 3.63) is 89.2 Å². The number of furan rings is 1. The van der Waals surface area contributed by atoms with Gasteiger partial charge in [-0.1, -0.05) is 42.5 Å². The molecule has 2 aromatic carbocycles. The minimum atomic E-state index is -0.363. The highest BCUT2D eigenvalue weighted by Gasteiger charge is 2.13. The standard InChI is InChI=1S/C21H12N2O2/c22-13-16-8-4-5-9-19(16)20-11-10-18(25-20)12-17(14-23)21(24)15-6-2-1-3-7-15/h1-12H/b17-12+. The fourth-order valence-electron chi connectivity index (χ4n) is 2.41. The predicted molar refractivity (Wildman–Crippen MR) is 93.2 cm³/mol. The number of nitrogens with zero attached hydrogens (tertiary/aromatic N) is 2. The van der Waals surface area contributed by atoms with Gasteiger partial charge in [-0.05, 0) is 24.3 Å². The van der Waals surface area contributed by atoms with Crippen molar-refractivity contribution < 1.29 is 9.21 Å². The third-order valence-corrected chi connectivity index (χ3v) is 3.63. The molecule has 0 fully saturated rings. The van der Waals surface area contributed by atoms with E-state index in [0.29, 0.717) is 28.2 Å². The minimum absolute atomic E-state index is 0.0133. The largest absolute Gasteiger partial charge is 0.457 e. The van der Waals surface area contributed by atoms with E-state index in [4.69, 9.17) is 4.42 Å². The molecular formula is C21H12N2O2. The molecule has 1 aromatic heterocycles. The Kier molecular flexibility index (Phi) is 4.55. The van der Waals surface area contributed by atoms with Crippen LogP contribution < -0.4 is 0 Å². The van der Waals surface area contributed by atoms with E-state index >= 15 is 0 Å². The number of rotatable bonds is 4. The first kappa shape index (κ1) is 16.0. The van der Waals surface area contributed by atoms with Crippen molar-refractivity contribution in [3.8, 4) is 23.5 Å². The van der Waals surface area contributed by atoms with Gasteiger partial charge in [0, 0.05) is 17.2 Å². The molecule has 0 bridgehead atoms. The zero-order valence-corrected chi connectivity index (χ0v) is 13.1. The van der Waals surface area contributed by atoms with Crippen molar-refractivity contribution in [1.82, 2.24) is 0 Å². The summed E-state index contributed by atoms with van der Waals surface area (Å²) in [6.45, 7) is 0. The molecule has 4 heteroatoms. The lowest BCUT2D eigenvalue weighted by Gasteiger charge is -2.00. The highest BCUT2D eigenvalue weighted by atomic mass is 16.3. The van der Waals surface area contributed by atoms with Gasteiger partial charge >= 0.3 is 0 Å². The molecule has 1 heterocycles. The van der Waals surface area contributed by atoms with Gasteiger partial charge in [0.15, 0.2) is 0 Å². The number of nitriles is 2. The molecule has 3 rings (SSSR count). The summed E-state index contributed by atoms with van der Waals surface area (Å²) in [5.41, 5.74) is 1.59. The molecule has 118 valence electrons. The molecule has 0 aliphatic carbocycles. The second-order valence-corrected chi connectivity index (χ2v) is 5.22. The highest BCUT2D eigenvalue weighted by Crippen LogP contribution is 2.26. The summed E-state index contributed by atoms with van der Waals surface area (Å²) in [5, 5.41) is 18.5. The topological polar surface area (TPSA) is 77.8 Å². The predicted octanol–water partition coefficient (Wildman–Crippen LogP) is 4.61. The lowest BCUT2D eigenvalue weighted by Crippen LogP contribution is -2.01. The smallest absolute Gasteiger partial charge is 0.203 e. The molecule has 0 aliphatic heterocycles. The van der Waals surface area contributed by atoms with Gasteiger partial charge in [0.25, 0.3) is 0 Å². The summed E-state index contributed by atoms with van der Waals surface area (Å²) in [5.74, 6) is 0.523. The Morgan fingerprint density at radius 3 is 2.36 bits per heavy atom. The molecule has 3 aromatic rings. The van der Waals surface area contributed by atoms with Crippen LogP contribution in [0.5, 0.6) is 0 Å². The van der Waals surface area contributed by atoms with E-state index in [-0.39, 0.29) is 11.4 Å². The summed E-state index contributed by atoms with van der Waals surface area (Å²) < 4.78 is 5.70. The molecule has 0 amide bonds. The number of ketones is 1. The van der Waals surface area contributed by atoms with Gasteiger partial charge in [0.2, 0.25) is 5.78 Å². The summed E-state index contributed by atoms with van der Waals surface area (Å²) in [4.78, 5) is 12.4. The van der Waals surface area contributed by atoms with Gasteiger partial charge in [0.1, 0.15) is 23.2 Å². The number of Topliss-reactive ketones (excluding diaryl/α,β-unsaturated/α-hetero) is 1. The van der Waals surface area contributed by atoms with Gasteiger partial charge in [-0.3, -0.25) is 4.79 Å². The molecule has 25 heavy (non-hydrogen) atoms. The van der Waals surface area contributed by atoms with Gasteiger partial charge in [0.05, 0.1) is 11.6 Å². The van der Waals surface area contributed by atoms with Crippen molar-refractivity contribution >= 4 is 11.9 Å². The van der Waals surface area contributed by atoms with Gasteiger partial charge in [-0.15, -0.1) is 0 Å². The zero-order chi connectivity index (χ0) is 17.6. The summed E-state index contributed by atoms with van der Waals surface area (Å²) in [7, 11) is 0. The molecule has 4 nitrogen and oxygen atoms in total. The lowest BCUT2D eigenvalue weighted by molar-refractivity contribution is 0.104. The quantitative estimate of drug-likeness (QED) is 0.399. The van der Waals surface area contributed by atoms with Gasteiger partial charge in [-0.25, -0.2) is 0 Å². The molecule has 0 saturated carbocycles. The number of carbonyl (C=O) groups excluding carboxylic acids is 1. The van der Waals surface area contributed by atoms with Crippen molar-refractivity contribution in [1.29, 1.82) is 10.5 Å². The van der Waals surface area contributed by atoms with E-state index in [9.17, 15) is 15.3 Å². The van der Waals surface area contributed by atoms with Crippen LogP contribution in [-0.2, 0) is 0 Å². The van der Waals surface area contributed by atoms with Crippen LogP contribution in [0.2, 0.25) is 0 Å². The van der Waals surface area contributed by atoms with Crippen LogP contribution in [-0.4, -0.2) is 5.78 Å². The summed E-state index contributed by atoms with van der Waals surface area (Å²) in [6.07, 6.45) is 1.41. The van der Waals surface area contributed by atoms with Gasteiger partial charge < -0.3 is 4.42 Å². The van der Waals surface area contributed by atoms with Crippen molar-refractivity contribution in [2.45, 2.75) is 0 Å². The molecule has 0 N–H and O–H groups in total. The first-order valence-electron chi connectivity index (χ1n) is 7.54. The second kappa shape index (κ2) is 7.12. The van der Waals surface area contributed by atoms with E-state index < -0.39 is 0 Å². The van der Waals surface area contributed by atoms with Crippen LogP contribution in [0, 0.1) is 22.7 Å². The Balaban J connectivity index is 1.94. The van der Waals surface area contributed by atoms with Crippen LogP contribution in [0.25, 0.3) is 17.4 Å². The Morgan fingerprint density at radius 1 is 0.920 bits per heavy atom. The third-order valence-electron chi connectivity index (χ3n) is 3.63. The van der Waals surface area contributed by atoms with Gasteiger partial charge in [-0.2, -0.15) is 10.5 Å². The molecule has 0 atom stereocenters. The lowest BCUT2D eigenvalue weighted by atomic mass is 10.0. The van der Waals surface area contributed by atoms with Crippen molar-refractivity contribution in [2.75, 3.05) is 0 Å². The average Bonchev–Trinajstić information content (AvgIpc) is 3.14. The summed E-state index contributed by atoms with van der Waals surface area (Å²) in [6, 6.07) is 23.1. The van der Waals surface area contributed by atoms with Crippen molar-refractivity contribution in [3.63, 3.8) is 0 Å². The van der Waals surface area contributed by atoms with E-state index in [1.54, 1.807) is 60.7 Å². The fourth-order valence-corrected chi connectivity index (χ4v) is 2.41. The Labute approximate surface area is 144 Å². The monoisotopic (exact) mass is 324 g/mol. The maximum absolute atomic E-state index is 12.4. The first-order valence-corrected chi connectivity index (χ1v) is 7.54. The maximum Gasteiger partial charge on any atom is 0.203 e. The molecule has 0 unspecified atom stereocenters. The summed E-state index contributed by atoms with van der Waals surface area (Å²) >= 11 is 0. The Morgan fingerprint density at radius 2 is 1.64 bits per heavy atom. The average molecular weight is 324 g/mol. The van der Waals surface area contributed by atoms with Crippen LogP contribution in [0.15, 0.2) is 76.7 Å². The van der Waals surface area contributed by atoms with Crippen LogP contribution >= 0.6 is 0 Å². The maximum atomic E-state index is 12.4. The fraction of sp³-hybridized carbons (Fsp3) is 0. The molecule has 0 radical (unpaired) electrons. The molecule has 0 spiro atoms. The van der Waals surface area contributed by atoms with Crippen LogP contribution in [0.1, 0.15) is 21.7 Å². The second-order valence-electron chi connectivity index (χ2n) is 5.22. The first-order chi connectivity index (χ1) is 12.2. The van der Waals surface area contributed by atoms with E-state index in [1.165, 1.54) is 6.08 Å². The molecule has 0 aliphatic rings. The van der Waals surface area contributed by atoms with Crippen molar-refractivity contribution in [2.24, 2.45) is 0 Å². The Bertz CT molecular complexity index is 1030. The minimum Gasteiger partial charge on any atom is -0.457 e. The highest BCUT2D eigenvalue weighted by molar-refractivity contribution is 6.13. The van der Waals surface area contributed by atoms with Crippen LogP contribution in [0.3, 0.4) is 0 Å². The number of benzene rings is 2. The normalized spacial score (nSPS) is 10.7. The number of hydrogen-bond donors (Lipinski definition) is 0. The van der Waals surface area contributed by atoms with E-state index in [2.05, 4.69) is 6.07 Å². The SMILES string of the molecule is N#C/C(=C\c1ccc(-c2ccccc2C#N)o1)C(=O)c1ccccc1.